The molecule has 0 aliphatic heterocycles. The number of pyridine rings is 1. The van der Waals surface area contributed by atoms with E-state index in [-0.39, 0.29) is 17.5 Å². The number of carbonyl (C=O) groups is 2. The number of benzene rings is 2. The van der Waals surface area contributed by atoms with E-state index >= 15 is 0 Å². The molecule has 3 rings (SSSR count). The zero-order valence-electron chi connectivity index (χ0n) is 14.3. The average molecular weight is 400 g/mol. The number of amides is 2. The summed E-state index contributed by atoms with van der Waals surface area (Å²) in [4.78, 5) is 28.9. The second kappa shape index (κ2) is 8.20. The highest BCUT2D eigenvalue weighted by atomic mass is 35.5. The number of hydrogen-bond acceptors (Lipinski definition) is 3. The van der Waals surface area contributed by atoms with Crippen LogP contribution in [0.4, 0.5) is 11.4 Å². The number of aromatic nitrogens is 1. The minimum absolute atomic E-state index is 0.244. The van der Waals surface area contributed by atoms with Crippen LogP contribution < -0.4 is 10.6 Å². The maximum Gasteiger partial charge on any atom is 0.274 e. The lowest BCUT2D eigenvalue weighted by Crippen LogP contribution is -2.17. The standard InChI is InChI=1S/C20H15Cl2N3O2/c1-12-10-13(19(26)24-16-6-2-14(21)3-7-16)11-23-18(12)20(27)25-17-8-4-15(22)5-9-17/h2-11H,1H3,(H,24,26)(H,25,27). The summed E-state index contributed by atoms with van der Waals surface area (Å²) >= 11 is 11.7. The van der Waals surface area contributed by atoms with Gasteiger partial charge in [0.1, 0.15) is 5.69 Å². The molecule has 2 N–H and O–H groups in total. The van der Waals surface area contributed by atoms with Gasteiger partial charge in [-0.25, -0.2) is 4.98 Å². The van der Waals surface area contributed by atoms with Crippen molar-refractivity contribution in [1.82, 2.24) is 4.98 Å². The topological polar surface area (TPSA) is 71.1 Å². The molecule has 0 fully saturated rings. The van der Waals surface area contributed by atoms with Gasteiger partial charge in [-0.05, 0) is 67.1 Å². The maximum absolute atomic E-state index is 12.4. The van der Waals surface area contributed by atoms with E-state index in [9.17, 15) is 9.59 Å². The van der Waals surface area contributed by atoms with Gasteiger partial charge in [0.05, 0.1) is 5.56 Å². The monoisotopic (exact) mass is 399 g/mol. The van der Waals surface area contributed by atoms with Crippen LogP contribution in [0.5, 0.6) is 0 Å². The van der Waals surface area contributed by atoms with Crippen LogP contribution in [0.25, 0.3) is 0 Å². The van der Waals surface area contributed by atoms with Crippen LogP contribution >= 0.6 is 23.2 Å². The van der Waals surface area contributed by atoms with Crippen molar-refractivity contribution in [2.75, 3.05) is 10.6 Å². The first-order chi connectivity index (χ1) is 12.9. The molecule has 5 nitrogen and oxygen atoms in total. The SMILES string of the molecule is Cc1cc(C(=O)Nc2ccc(Cl)cc2)cnc1C(=O)Nc1ccc(Cl)cc1. The molecule has 0 atom stereocenters. The number of nitrogens with one attached hydrogen (secondary N) is 2. The van der Waals surface area contributed by atoms with Crippen molar-refractivity contribution in [2.24, 2.45) is 0 Å². The first kappa shape index (κ1) is 18.9. The number of halogens is 2. The first-order valence-electron chi connectivity index (χ1n) is 8.03. The molecule has 0 saturated carbocycles. The quantitative estimate of drug-likeness (QED) is 0.632. The highest BCUT2D eigenvalue weighted by Crippen LogP contribution is 2.17. The van der Waals surface area contributed by atoms with Crippen LogP contribution in [0.2, 0.25) is 10.0 Å². The number of aryl methyl sites for hydroxylation is 1. The van der Waals surface area contributed by atoms with E-state index in [1.807, 2.05) is 0 Å². The van der Waals surface area contributed by atoms with Crippen molar-refractivity contribution >= 4 is 46.4 Å². The first-order valence-corrected chi connectivity index (χ1v) is 8.78. The molecule has 27 heavy (non-hydrogen) atoms. The van der Waals surface area contributed by atoms with Crippen LogP contribution in [0.1, 0.15) is 26.4 Å². The van der Waals surface area contributed by atoms with Gasteiger partial charge in [-0.2, -0.15) is 0 Å². The third-order valence-corrected chi connectivity index (χ3v) is 4.26. The fourth-order valence-corrected chi connectivity index (χ4v) is 2.65. The molecule has 0 radical (unpaired) electrons. The highest BCUT2D eigenvalue weighted by molar-refractivity contribution is 6.31. The number of anilines is 2. The Morgan fingerprint density at radius 1 is 0.815 bits per heavy atom. The molecular formula is C20H15Cl2N3O2. The molecule has 3 aromatic rings. The van der Waals surface area contributed by atoms with Crippen LogP contribution in [-0.2, 0) is 0 Å². The summed E-state index contributed by atoms with van der Waals surface area (Å²) in [6.07, 6.45) is 1.37. The Kier molecular flexibility index (Phi) is 5.74. The van der Waals surface area contributed by atoms with Crippen molar-refractivity contribution in [1.29, 1.82) is 0 Å². The van der Waals surface area contributed by atoms with E-state index in [4.69, 9.17) is 23.2 Å². The van der Waals surface area contributed by atoms with Gasteiger partial charge in [0.15, 0.2) is 0 Å². The van der Waals surface area contributed by atoms with Crippen molar-refractivity contribution in [3.63, 3.8) is 0 Å². The summed E-state index contributed by atoms with van der Waals surface area (Å²) < 4.78 is 0. The van der Waals surface area contributed by atoms with Crippen molar-refractivity contribution in [3.8, 4) is 0 Å². The van der Waals surface area contributed by atoms with Gasteiger partial charge in [-0.1, -0.05) is 23.2 Å². The van der Waals surface area contributed by atoms with E-state index in [2.05, 4.69) is 15.6 Å². The summed E-state index contributed by atoms with van der Waals surface area (Å²) in [7, 11) is 0. The summed E-state index contributed by atoms with van der Waals surface area (Å²) in [5, 5.41) is 6.67. The molecule has 0 aliphatic rings. The van der Waals surface area contributed by atoms with E-state index < -0.39 is 0 Å². The Morgan fingerprint density at radius 2 is 1.30 bits per heavy atom. The molecule has 2 aromatic carbocycles. The van der Waals surface area contributed by atoms with E-state index in [1.54, 1.807) is 61.5 Å². The normalized spacial score (nSPS) is 10.3. The maximum atomic E-state index is 12.4. The number of nitrogens with zero attached hydrogens (tertiary/aromatic N) is 1. The minimum Gasteiger partial charge on any atom is -0.322 e. The Hall–Kier alpha value is -2.89. The average Bonchev–Trinajstić information content (AvgIpc) is 2.65. The molecule has 0 spiro atoms. The molecule has 0 saturated heterocycles. The zero-order valence-corrected chi connectivity index (χ0v) is 15.8. The smallest absolute Gasteiger partial charge is 0.274 e. The summed E-state index contributed by atoms with van der Waals surface area (Å²) in [6, 6.07) is 15.2. The summed E-state index contributed by atoms with van der Waals surface area (Å²) in [5.41, 5.74) is 2.41. The molecule has 1 heterocycles. The number of carbonyl (C=O) groups excluding carboxylic acids is 2. The molecule has 2 amide bonds. The van der Waals surface area contributed by atoms with Crippen LogP contribution in [0, 0.1) is 6.92 Å². The lowest BCUT2D eigenvalue weighted by atomic mass is 10.1. The molecule has 0 bridgehead atoms. The predicted octanol–water partition coefficient (Wildman–Crippen LogP) is 5.20. The third kappa shape index (κ3) is 4.84. The lowest BCUT2D eigenvalue weighted by Gasteiger charge is -2.09. The van der Waals surface area contributed by atoms with Gasteiger partial charge in [0.2, 0.25) is 0 Å². The second-order valence-corrected chi connectivity index (χ2v) is 6.68. The van der Waals surface area contributed by atoms with Gasteiger partial charge in [-0.15, -0.1) is 0 Å². The third-order valence-electron chi connectivity index (χ3n) is 3.76. The molecular weight excluding hydrogens is 385 g/mol. The highest BCUT2D eigenvalue weighted by Gasteiger charge is 2.14. The fraction of sp³-hybridized carbons (Fsp3) is 0.0500. The van der Waals surface area contributed by atoms with Gasteiger partial charge in [0, 0.05) is 27.6 Å². The van der Waals surface area contributed by atoms with Crippen LogP contribution in [0.3, 0.4) is 0 Å². The fourth-order valence-electron chi connectivity index (χ4n) is 2.40. The number of rotatable bonds is 4. The largest absolute Gasteiger partial charge is 0.322 e. The van der Waals surface area contributed by atoms with Gasteiger partial charge in [0.25, 0.3) is 11.8 Å². The van der Waals surface area contributed by atoms with Crippen LogP contribution in [-0.4, -0.2) is 16.8 Å². The molecule has 0 aliphatic carbocycles. The van der Waals surface area contributed by atoms with Crippen LogP contribution in [0.15, 0.2) is 60.8 Å². The second-order valence-electron chi connectivity index (χ2n) is 5.81. The van der Waals surface area contributed by atoms with E-state index in [1.165, 1.54) is 6.20 Å². The van der Waals surface area contributed by atoms with Gasteiger partial charge in [-0.3, -0.25) is 9.59 Å². The van der Waals surface area contributed by atoms with Gasteiger partial charge < -0.3 is 10.6 Å². The van der Waals surface area contributed by atoms with E-state index in [0.717, 1.165) is 0 Å². The van der Waals surface area contributed by atoms with Gasteiger partial charge >= 0.3 is 0 Å². The van der Waals surface area contributed by atoms with Crippen molar-refractivity contribution < 1.29 is 9.59 Å². The van der Waals surface area contributed by atoms with E-state index in [0.29, 0.717) is 32.5 Å². The molecule has 7 heteroatoms. The Balaban J connectivity index is 1.72. The zero-order chi connectivity index (χ0) is 19.4. The predicted molar refractivity (Wildman–Crippen MR) is 108 cm³/mol. The minimum atomic E-state index is -0.362. The van der Waals surface area contributed by atoms with Crippen molar-refractivity contribution in [2.45, 2.75) is 6.92 Å². The lowest BCUT2D eigenvalue weighted by molar-refractivity contribution is 0.101. The van der Waals surface area contributed by atoms with Crippen molar-refractivity contribution in [3.05, 3.63) is 87.7 Å². The summed E-state index contributed by atoms with van der Waals surface area (Å²) in [5.74, 6) is -0.683. The number of hydrogen-bond donors (Lipinski definition) is 2. The molecule has 0 unspecified atom stereocenters. The Labute approximate surface area is 166 Å². The Bertz CT molecular complexity index is 987. The molecule has 1 aromatic heterocycles. The summed E-state index contributed by atoms with van der Waals surface area (Å²) in [6.45, 7) is 1.73. The molecule has 136 valence electrons. The Morgan fingerprint density at radius 3 is 1.78 bits per heavy atom.